The summed E-state index contributed by atoms with van der Waals surface area (Å²) in [6.45, 7) is 5.19. The first kappa shape index (κ1) is 16.1. The molecule has 0 saturated carbocycles. The van der Waals surface area contributed by atoms with Gasteiger partial charge in [0.05, 0.1) is 6.54 Å². The van der Waals surface area contributed by atoms with Crippen LogP contribution in [0.5, 0.6) is 0 Å². The molecule has 2 aromatic rings. The van der Waals surface area contributed by atoms with Gasteiger partial charge in [-0.2, -0.15) is 0 Å². The second-order valence-electron chi connectivity index (χ2n) is 6.04. The van der Waals surface area contributed by atoms with Crippen molar-refractivity contribution in [1.29, 1.82) is 0 Å². The number of hydrogen-bond donors (Lipinski definition) is 1. The number of amides is 2. The minimum atomic E-state index is -0.350. The molecule has 0 unspecified atom stereocenters. The molecule has 5 heteroatoms. The third-order valence-electron chi connectivity index (χ3n) is 4.04. The number of nitrogens with one attached hydrogen (secondary N) is 1. The van der Waals surface area contributed by atoms with Gasteiger partial charge in [0.1, 0.15) is 6.61 Å². The summed E-state index contributed by atoms with van der Waals surface area (Å²) in [5.74, 6) is 0.280. The van der Waals surface area contributed by atoms with E-state index in [0.717, 1.165) is 11.4 Å². The predicted octanol–water partition coefficient (Wildman–Crippen LogP) is 4.02. The lowest BCUT2D eigenvalue weighted by atomic mass is 10.0. The van der Waals surface area contributed by atoms with Crippen molar-refractivity contribution in [2.75, 3.05) is 23.4 Å². The Morgan fingerprint density at radius 2 is 1.75 bits per heavy atom. The molecular formula is C19H20N2O3. The number of hydrogen-bond acceptors (Lipinski definition) is 3. The van der Waals surface area contributed by atoms with Gasteiger partial charge < -0.3 is 10.1 Å². The lowest BCUT2D eigenvalue weighted by molar-refractivity contribution is 0.102. The van der Waals surface area contributed by atoms with Gasteiger partial charge in [-0.25, -0.2) is 4.79 Å². The number of ether oxygens (including phenoxy) is 1. The fraction of sp³-hybridized carbons (Fsp3) is 0.263. The SMILES string of the molecule is CC(C)c1ccc(NC(=O)c2ccc(N3CCOC3=O)cc2)cc1. The second kappa shape index (κ2) is 6.74. The van der Waals surface area contributed by atoms with Gasteiger partial charge in [0, 0.05) is 16.9 Å². The van der Waals surface area contributed by atoms with Crippen molar-refractivity contribution < 1.29 is 14.3 Å². The standard InChI is InChI=1S/C19H20N2O3/c1-13(2)14-3-7-16(8-4-14)20-18(22)15-5-9-17(10-6-15)21-11-12-24-19(21)23/h3-10,13H,11-12H2,1-2H3,(H,20,22). The first-order valence-corrected chi connectivity index (χ1v) is 8.00. The molecule has 0 bridgehead atoms. The molecule has 124 valence electrons. The molecular weight excluding hydrogens is 304 g/mol. The minimum Gasteiger partial charge on any atom is -0.447 e. The maximum atomic E-state index is 12.3. The van der Waals surface area contributed by atoms with E-state index in [2.05, 4.69) is 19.2 Å². The summed E-state index contributed by atoms with van der Waals surface area (Å²) in [7, 11) is 0. The van der Waals surface area contributed by atoms with Crippen LogP contribution in [0.3, 0.4) is 0 Å². The summed E-state index contributed by atoms with van der Waals surface area (Å²) < 4.78 is 4.91. The van der Waals surface area contributed by atoms with E-state index in [9.17, 15) is 9.59 Å². The largest absolute Gasteiger partial charge is 0.447 e. The van der Waals surface area contributed by atoms with Gasteiger partial charge in [-0.05, 0) is 47.9 Å². The monoisotopic (exact) mass is 324 g/mol. The van der Waals surface area contributed by atoms with Gasteiger partial charge >= 0.3 is 6.09 Å². The maximum absolute atomic E-state index is 12.3. The maximum Gasteiger partial charge on any atom is 0.414 e. The van der Waals surface area contributed by atoms with Crippen molar-refractivity contribution in [3.63, 3.8) is 0 Å². The van der Waals surface area contributed by atoms with E-state index in [1.165, 1.54) is 5.56 Å². The van der Waals surface area contributed by atoms with Crippen LogP contribution >= 0.6 is 0 Å². The van der Waals surface area contributed by atoms with Crippen LogP contribution in [0.15, 0.2) is 48.5 Å². The molecule has 1 N–H and O–H groups in total. The number of anilines is 2. The fourth-order valence-corrected chi connectivity index (χ4v) is 2.58. The van der Waals surface area contributed by atoms with E-state index < -0.39 is 0 Å². The molecule has 0 aliphatic carbocycles. The summed E-state index contributed by atoms with van der Waals surface area (Å²) in [6.07, 6.45) is -0.350. The zero-order chi connectivity index (χ0) is 17.1. The Hall–Kier alpha value is -2.82. The van der Waals surface area contributed by atoms with Crippen LogP contribution in [0.25, 0.3) is 0 Å². The Morgan fingerprint density at radius 1 is 1.08 bits per heavy atom. The summed E-state index contributed by atoms with van der Waals surface area (Å²) in [4.78, 5) is 25.4. The zero-order valence-electron chi connectivity index (χ0n) is 13.8. The topological polar surface area (TPSA) is 58.6 Å². The minimum absolute atomic E-state index is 0.178. The van der Waals surface area contributed by atoms with Crippen LogP contribution in [-0.2, 0) is 4.74 Å². The van der Waals surface area contributed by atoms with Crippen molar-refractivity contribution in [1.82, 2.24) is 0 Å². The Bertz CT molecular complexity index is 736. The van der Waals surface area contributed by atoms with Gasteiger partial charge in [0.15, 0.2) is 0 Å². The number of carbonyl (C=O) groups is 2. The predicted molar refractivity (Wildman–Crippen MR) is 93.6 cm³/mol. The molecule has 2 aromatic carbocycles. The van der Waals surface area contributed by atoms with E-state index in [-0.39, 0.29) is 12.0 Å². The Morgan fingerprint density at radius 3 is 2.29 bits per heavy atom. The molecule has 1 fully saturated rings. The first-order valence-electron chi connectivity index (χ1n) is 8.00. The molecule has 3 rings (SSSR count). The molecule has 1 saturated heterocycles. The third-order valence-corrected chi connectivity index (χ3v) is 4.04. The van der Waals surface area contributed by atoms with Crippen molar-refractivity contribution in [3.8, 4) is 0 Å². The molecule has 24 heavy (non-hydrogen) atoms. The van der Waals surface area contributed by atoms with Crippen LogP contribution in [0.4, 0.5) is 16.2 Å². The number of carbonyl (C=O) groups excluding carboxylic acids is 2. The number of cyclic esters (lactones) is 1. The van der Waals surface area contributed by atoms with Gasteiger partial charge in [0.2, 0.25) is 0 Å². The van der Waals surface area contributed by atoms with Gasteiger partial charge in [-0.15, -0.1) is 0 Å². The summed E-state index contributed by atoms with van der Waals surface area (Å²) in [6, 6.07) is 14.8. The Balaban J connectivity index is 1.67. The average Bonchev–Trinajstić information content (AvgIpc) is 3.01. The highest BCUT2D eigenvalue weighted by Gasteiger charge is 2.23. The molecule has 0 spiro atoms. The van der Waals surface area contributed by atoms with Crippen LogP contribution in [-0.4, -0.2) is 25.2 Å². The summed E-state index contributed by atoms with van der Waals surface area (Å²) >= 11 is 0. The van der Waals surface area contributed by atoms with E-state index in [1.54, 1.807) is 29.2 Å². The first-order chi connectivity index (χ1) is 11.5. The lowest BCUT2D eigenvalue weighted by Crippen LogP contribution is -2.23. The van der Waals surface area contributed by atoms with Gasteiger partial charge in [-0.1, -0.05) is 26.0 Å². The summed E-state index contributed by atoms with van der Waals surface area (Å²) in [5, 5.41) is 2.88. The van der Waals surface area contributed by atoms with Crippen LogP contribution in [0.2, 0.25) is 0 Å². The van der Waals surface area contributed by atoms with Gasteiger partial charge in [0.25, 0.3) is 5.91 Å². The highest BCUT2D eigenvalue weighted by atomic mass is 16.6. The van der Waals surface area contributed by atoms with Crippen LogP contribution in [0, 0.1) is 0 Å². The third kappa shape index (κ3) is 3.40. The molecule has 5 nitrogen and oxygen atoms in total. The number of benzene rings is 2. The normalized spacial score (nSPS) is 14.0. The van der Waals surface area contributed by atoms with Crippen molar-refractivity contribution in [2.45, 2.75) is 19.8 Å². The molecule has 1 aliphatic rings. The Kier molecular flexibility index (Phi) is 4.51. The molecule has 0 radical (unpaired) electrons. The van der Waals surface area contributed by atoms with Crippen LogP contribution in [0.1, 0.15) is 35.7 Å². The summed E-state index contributed by atoms with van der Waals surface area (Å²) in [5.41, 5.74) is 3.26. The molecule has 1 heterocycles. The number of nitrogens with zero attached hydrogens (tertiary/aromatic N) is 1. The quantitative estimate of drug-likeness (QED) is 0.924. The molecule has 0 atom stereocenters. The van der Waals surface area contributed by atoms with Crippen molar-refractivity contribution in [3.05, 3.63) is 59.7 Å². The average molecular weight is 324 g/mol. The van der Waals surface area contributed by atoms with E-state index >= 15 is 0 Å². The number of rotatable bonds is 4. The highest BCUT2D eigenvalue weighted by molar-refractivity contribution is 6.04. The van der Waals surface area contributed by atoms with Crippen molar-refractivity contribution in [2.24, 2.45) is 0 Å². The van der Waals surface area contributed by atoms with E-state index in [0.29, 0.717) is 24.6 Å². The van der Waals surface area contributed by atoms with Crippen molar-refractivity contribution >= 4 is 23.4 Å². The molecule has 0 aromatic heterocycles. The zero-order valence-corrected chi connectivity index (χ0v) is 13.8. The lowest BCUT2D eigenvalue weighted by Gasteiger charge is -2.13. The van der Waals surface area contributed by atoms with Crippen LogP contribution < -0.4 is 10.2 Å². The van der Waals surface area contributed by atoms with Gasteiger partial charge in [-0.3, -0.25) is 9.69 Å². The smallest absolute Gasteiger partial charge is 0.414 e. The fourth-order valence-electron chi connectivity index (χ4n) is 2.58. The molecule has 2 amide bonds. The molecule has 1 aliphatic heterocycles. The Labute approximate surface area is 141 Å². The van der Waals surface area contributed by atoms with E-state index in [4.69, 9.17) is 4.74 Å². The highest BCUT2D eigenvalue weighted by Crippen LogP contribution is 2.21. The second-order valence-corrected chi connectivity index (χ2v) is 6.04. The van der Waals surface area contributed by atoms with E-state index in [1.807, 2.05) is 24.3 Å².